The third-order valence-corrected chi connectivity index (χ3v) is 6.41. The van der Waals surface area contributed by atoms with Gasteiger partial charge in [0.2, 0.25) is 0 Å². The van der Waals surface area contributed by atoms with Gasteiger partial charge < -0.3 is 5.32 Å². The zero-order valence-electron chi connectivity index (χ0n) is 16.3. The molecule has 0 saturated heterocycles. The van der Waals surface area contributed by atoms with Gasteiger partial charge in [-0.05, 0) is 43.3 Å². The number of carbonyl (C=O) groups excluding carboxylic acids is 1. The fourth-order valence-electron chi connectivity index (χ4n) is 2.88. The molecule has 0 aliphatic carbocycles. The largest absolute Gasteiger partial charge is 0.321 e. The van der Waals surface area contributed by atoms with Crippen molar-refractivity contribution in [2.75, 3.05) is 16.7 Å². The molecular formula is C21H19N3O5S. The zero-order valence-corrected chi connectivity index (χ0v) is 17.1. The number of para-hydroxylation sites is 1. The maximum absolute atomic E-state index is 13.0. The number of hydrogen-bond acceptors (Lipinski definition) is 5. The molecule has 0 unspecified atom stereocenters. The van der Waals surface area contributed by atoms with Crippen LogP contribution in [0, 0.1) is 17.0 Å². The Morgan fingerprint density at radius 3 is 2.33 bits per heavy atom. The number of sulfonamides is 1. The van der Waals surface area contributed by atoms with Gasteiger partial charge in [0.25, 0.3) is 21.6 Å². The smallest absolute Gasteiger partial charge is 0.274 e. The summed E-state index contributed by atoms with van der Waals surface area (Å²) in [6.07, 6.45) is 0. The number of nitrogens with one attached hydrogen (secondary N) is 1. The molecule has 0 heterocycles. The molecule has 1 N–H and O–H groups in total. The molecule has 0 aliphatic heterocycles. The molecule has 9 heteroatoms. The van der Waals surface area contributed by atoms with Gasteiger partial charge in [0, 0.05) is 18.7 Å². The van der Waals surface area contributed by atoms with Crippen LogP contribution in [-0.4, -0.2) is 26.3 Å². The Hall–Kier alpha value is -3.72. The van der Waals surface area contributed by atoms with Crippen LogP contribution in [0.15, 0.2) is 77.7 Å². The highest BCUT2D eigenvalue weighted by Gasteiger charge is 2.23. The highest BCUT2D eigenvalue weighted by atomic mass is 32.2. The van der Waals surface area contributed by atoms with Crippen LogP contribution in [0.5, 0.6) is 0 Å². The van der Waals surface area contributed by atoms with E-state index in [4.69, 9.17) is 0 Å². The summed E-state index contributed by atoms with van der Waals surface area (Å²) < 4.78 is 27.1. The van der Waals surface area contributed by atoms with Crippen LogP contribution in [0.1, 0.15) is 15.9 Å². The number of rotatable bonds is 6. The van der Waals surface area contributed by atoms with Gasteiger partial charge in [-0.15, -0.1) is 0 Å². The number of nitrogens with zero attached hydrogens (tertiary/aromatic N) is 2. The molecular weight excluding hydrogens is 406 g/mol. The molecule has 0 bridgehead atoms. The SMILES string of the molecule is Cc1c(NC(=O)c2cccc(S(=O)(=O)N(C)c3ccccc3)c2)cccc1[N+](=O)[O-]. The van der Waals surface area contributed by atoms with E-state index in [0.29, 0.717) is 11.3 Å². The second kappa shape index (κ2) is 8.34. The number of benzene rings is 3. The van der Waals surface area contributed by atoms with Gasteiger partial charge in [0.05, 0.1) is 26.8 Å². The Morgan fingerprint density at radius 1 is 1.00 bits per heavy atom. The van der Waals surface area contributed by atoms with Crippen molar-refractivity contribution < 1.29 is 18.1 Å². The highest BCUT2D eigenvalue weighted by molar-refractivity contribution is 7.92. The quantitative estimate of drug-likeness (QED) is 0.474. The second-order valence-corrected chi connectivity index (χ2v) is 8.47. The van der Waals surface area contributed by atoms with Crippen LogP contribution in [-0.2, 0) is 10.0 Å². The minimum atomic E-state index is -3.88. The van der Waals surface area contributed by atoms with Crippen LogP contribution >= 0.6 is 0 Å². The number of nitro benzene ring substituents is 1. The van der Waals surface area contributed by atoms with E-state index >= 15 is 0 Å². The molecule has 3 rings (SSSR count). The van der Waals surface area contributed by atoms with Crippen LogP contribution in [0.25, 0.3) is 0 Å². The Kier molecular flexibility index (Phi) is 5.84. The summed E-state index contributed by atoms with van der Waals surface area (Å²) in [4.78, 5) is 23.2. The van der Waals surface area contributed by atoms with E-state index in [9.17, 15) is 23.3 Å². The summed E-state index contributed by atoms with van der Waals surface area (Å²) in [5, 5.41) is 13.7. The normalized spacial score (nSPS) is 11.0. The summed E-state index contributed by atoms with van der Waals surface area (Å²) in [6.45, 7) is 1.53. The van der Waals surface area contributed by atoms with Crippen molar-refractivity contribution in [2.45, 2.75) is 11.8 Å². The first kappa shape index (κ1) is 21.0. The van der Waals surface area contributed by atoms with Crippen molar-refractivity contribution in [1.29, 1.82) is 0 Å². The first-order valence-corrected chi connectivity index (χ1v) is 10.3. The average Bonchev–Trinajstić information content (AvgIpc) is 2.75. The monoisotopic (exact) mass is 425 g/mol. The predicted octanol–water partition coefficient (Wildman–Crippen LogP) is 3.98. The topological polar surface area (TPSA) is 110 Å². The molecule has 3 aromatic carbocycles. The van der Waals surface area contributed by atoms with Crippen molar-refractivity contribution in [2.24, 2.45) is 0 Å². The average molecular weight is 425 g/mol. The molecule has 30 heavy (non-hydrogen) atoms. The van der Waals surface area contributed by atoms with Crippen molar-refractivity contribution in [3.8, 4) is 0 Å². The van der Waals surface area contributed by atoms with Crippen molar-refractivity contribution >= 4 is 33.0 Å². The molecule has 0 spiro atoms. The third kappa shape index (κ3) is 4.15. The van der Waals surface area contributed by atoms with Gasteiger partial charge in [0.15, 0.2) is 0 Å². The van der Waals surface area contributed by atoms with Gasteiger partial charge >= 0.3 is 0 Å². The van der Waals surface area contributed by atoms with E-state index in [1.165, 1.54) is 50.4 Å². The lowest BCUT2D eigenvalue weighted by molar-refractivity contribution is -0.385. The summed E-state index contributed by atoms with van der Waals surface area (Å²) in [5.74, 6) is -0.571. The standard InChI is InChI=1S/C21H19N3O5S/c1-15-19(12-7-13-20(15)24(26)27)22-21(25)16-8-6-11-18(14-16)30(28,29)23(2)17-9-4-3-5-10-17/h3-14H,1-2H3,(H,22,25). The Labute approximate surface area is 174 Å². The van der Waals surface area contributed by atoms with Gasteiger partial charge in [-0.1, -0.05) is 30.3 Å². The van der Waals surface area contributed by atoms with Crippen molar-refractivity contribution in [1.82, 2.24) is 0 Å². The molecule has 154 valence electrons. The van der Waals surface area contributed by atoms with Crippen LogP contribution in [0.4, 0.5) is 17.1 Å². The predicted molar refractivity (Wildman–Crippen MR) is 114 cm³/mol. The van der Waals surface area contributed by atoms with Crippen LogP contribution in [0.2, 0.25) is 0 Å². The maximum atomic E-state index is 13.0. The lowest BCUT2D eigenvalue weighted by atomic mass is 10.1. The lowest BCUT2D eigenvalue weighted by Crippen LogP contribution is -2.26. The van der Waals surface area contributed by atoms with Crippen LogP contribution in [0.3, 0.4) is 0 Å². The molecule has 0 radical (unpaired) electrons. The third-order valence-electron chi connectivity index (χ3n) is 4.62. The fourth-order valence-corrected chi connectivity index (χ4v) is 4.13. The molecule has 3 aromatic rings. The highest BCUT2D eigenvalue weighted by Crippen LogP contribution is 2.26. The Balaban J connectivity index is 1.89. The van der Waals surface area contributed by atoms with Gasteiger partial charge in [-0.2, -0.15) is 0 Å². The van der Waals surface area contributed by atoms with E-state index < -0.39 is 20.9 Å². The van der Waals surface area contributed by atoms with Gasteiger partial charge in [-0.25, -0.2) is 8.42 Å². The Bertz CT molecular complexity index is 1210. The fraction of sp³-hybridized carbons (Fsp3) is 0.0952. The molecule has 0 aliphatic rings. The maximum Gasteiger partial charge on any atom is 0.274 e. The Morgan fingerprint density at radius 2 is 1.67 bits per heavy atom. The summed E-state index contributed by atoms with van der Waals surface area (Å²) in [6, 6.07) is 18.6. The first-order valence-electron chi connectivity index (χ1n) is 8.91. The van der Waals surface area contributed by atoms with Gasteiger partial charge in [-0.3, -0.25) is 19.2 Å². The molecule has 8 nitrogen and oxygen atoms in total. The number of hydrogen-bond donors (Lipinski definition) is 1. The number of nitro groups is 1. The van der Waals surface area contributed by atoms with E-state index in [2.05, 4.69) is 5.32 Å². The van der Waals surface area contributed by atoms with Gasteiger partial charge in [0.1, 0.15) is 0 Å². The molecule has 0 saturated carbocycles. The van der Waals surface area contributed by atoms with E-state index in [1.54, 1.807) is 36.4 Å². The van der Waals surface area contributed by atoms with E-state index in [1.807, 2.05) is 0 Å². The first-order chi connectivity index (χ1) is 14.2. The summed E-state index contributed by atoms with van der Waals surface area (Å²) in [7, 11) is -2.45. The minimum Gasteiger partial charge on any atom is -0.321 e. The summed E-state index contributed by atoms with van der Waals surface area (Å²) in [5.41, 5.74) is 1.07. The van der Waals surface area contributed by atoms with E-state index in [0.717, 1.165) is 4.31 Å². The second-order valence-electron chi connectivity index (χ2n) is 6.50. The van der Waals surface area contributed by atoms with Crippen LogP contribution < -0.4 is 9.62 Å². The van der Waals surface area contributed by atoms with E-state index in [-0.39, 0.29) is 21.8 Å². The zero-order chi connectivity index (χ0) is 21.9. The lowest BCUT2D eigenvalue weighted by Gasteiger charge is -2.19. The number of carbonyl (C=O) groups is 1. The minimum absolute atomic E-state index is 0.0442. The van der Waals surface area contributed by atoms with Crippen molar-refractivity contribution in [3.05, 3.63) is 94.0 Å². The number of anilines is 2. The van der Waals surface area contributed by atoms with Crippen molar-refractivity contribution in [3.63, 3.8) is 0 Å². The molecule has 0 aromatic heterocycles. The molecule has 0 fully saturated rings. The molecule has 1 amide bonds. The summed E-state index contributed by atoms with van der Waals surface area (Å²) >= 11 is 0. The number of amides is 1. The molecule has 0 atom stereocenters.